The largest absolute Gasteiger partial charge is 0.347 e. The first-order chi connectivity index (χ1) is 8.68. The van der Waals surface area contributed by atoms with Crippen LogP contribution in [0.2, 0.25) is 0 Å². The molecule has 2 unspecified atom stereocenters. The predicted octanol–water partition coefficient (Wildman–Crippen LogP) is 3.22. The lowest BCUT2D eigenvalue weighted by Crippen LogP contribution is -2.40. The van der Waals surface area contributed by atoms with E-state index in [0.29, 0.717) is 10.5 Å². The molecular weight excluding hydrogens is 292 g/mol. The summed E-state index contributed by atoms with van der Waals surface area (Å²) in [5, 5.41) is 3.12. The minimum atomic E-state index is -0.0514. The molecule has 4 heteroatoms. The molecule has 2 atom stereocenters. The molecule has 1 aliphatic carbocycles. The van der Waals surface area contributed by atoms with Crippen LogP contribution in [-0.2, 0) is 0 Å². The summed E-state index contributed by atoms with van der Waals surface area (Å²) in [6.07, 6.45) is 7.54. The van der Waals surface area contributed by atoms with Crippen molar-refractivity contribution in [1.82, 2.24) is 10.3 Å². The van der Waals surface area contributed by atoms with Gasteiger partial charge >= 0.3 is 0 Å². The van der Waals surface area contributed by atoms with Gasteiger partial charge in [-0.3, -0.25) is 9.78 Å². The fourth-order valence-electron chi connectivity index (χ4n) is 2.39. The summed E-state index contributed by atoms with van der Waals surface area (Å²) in [7, 11) is 0. The first kappa shape index (κ1) is 13.5. The second-order valence-corrected chi connectivity index (χ2v) is 6.08. The Kier molecular flexibility index (Phi) is 4.75. The second kappa shape index (κ2) is 6.32. The molecule has 1 saturated carbocycles. The third-order valence-corrected chi connectivity index (χ3v) is 4.57. The summed E-state index contributed by atoms with van der Waals surface area (Å²) < 4.78 is 0. The Labute approximate surface area is 117 Å². The van der Waals surface area contributed by atoms with Crippen LogP contribution >= 0.6 is 15.9 Å². The predicted molar refractivity (Wildman–Crippen MR) is 76.0 cm³/mol. The molecule has 1 amide bonds. The molecule has 1 aromatic heterocycles. The van der Waals surface area contributed by atoms with Crippen LogP contribution in [0.1, 0.15) is 48.2 Å². The molecule has 1 aromatic rings. The number of hydrogen-bond acceptors (Lipinski definition) is 2. The minimum Gasteiger partial charge on any atom is -0.347 e. The maximum atomic E-state index is 12.2. The van der Waals surface area contributed by atoms with Crippen molar-refractivity contribution in [2.24, 2.45) is 0 Å². The smallest absolute Gasteiger partial charge is 0.270 e. The molecule has 0 bridgehead atoms. The van der Waals surface area contributed by atoms with E-state index in [0.717, 1.165) is 18.4 Å². The Morgan fingerprint density at radius 1 is 1.39 bits per heavy atom. The van der Waals surface area contributed by atoms with E-state index in [4.69, 9.17) is 0 Å². The number of aromatic nitrogens is 1. The molecule has 18 heavy (non-hydrogen) atoms. The molecule has 0 aliphatic heterocycles. The zero-order chi connectivity index (χ0) is 13.0. The number of nitrogens with zero attached hydrogens (tertiary/aromatic N) is 1. The van der Waals surface area contributed by atoms with Gasteiger partial charge in [0.15, 0.2) is 0 Å². The molecule has 0 radical (unpaired) electrons. The van der Waals surface area contributed by atoms with Gasteiger partial charge in [0.05, 0.1) is 0 Å². The molecule has 98 valence electrons. The summed E-state index contributed by atoms with van der Waals surface area (Å²) in [4.78, 5) is 16.7. The highest BCUT2D eigenvalue weighted by Crippen LogP contribution is 2.24. The lowest BCUT2D eigenvalue weighted by Gasteiger charge is -2.21. The summed E-state index contributed by atoms with van der Waals surface area (Å²) in [6, 6.07) is 3.99. The molecular formula is C14H19BrN2O. The van der Waals surface area contributed by atoms with E-state index < -0.39 is 0 Å². The number of aryl methyl sites for hydroxylation is 1. The Morgan fingerprint density at radius 3 is 2.94 bits per heavy atom. The highest BCUT2D eigenvalue weighted by atomic mass is 79.9. The van der Waals surface area contributed by atoms with E-state index in [1.807, 2.05) is 19.1 Å². The van der Waals surface area contributed by atoms with Gasteiger partial charge in [-0.25, -0.2) is 0 Å². The van der Waals surface area contributed by atoms with E-state index in [1.54, 1.807) is 6.20 Å². The third kappa shape index (κ3) is 3.31. The zero-order valence-corrected chi connectivity index (χ0v) is 12.2. The fraction of sp³-hybridized carbons (Fsp3) is 0.571. The van der Waals surface area contributed by atoms with Crippen LogP contribution < -0.4 is 5.32 Å². The number of carbonyl (C=O) groups excluding carboxylic acids is 1. The maximum Gasteiger partial charge on any atom is 0.270 e. The van der Waals surface area contributed by atoms with Crippen LogP contribution in [-0.4, -0.2) is 21.8 Å². The molecule has 0 spiro atoms. The van der Waals surface area contributed by atoms with Gasteiger partial charge in [0.25, 0.3) is 5.91 Å². The van der Waals surface area contributed by atoms with Crippen molar-refractivity contribution in [3.8, 4) is 0 Å². The summed E-state index contributed by atoms with van der Waals surface area (Å²) in [5.41, 5.74) is 1.47. The van der Waals surface area contributed by atoms with Crippen molar-refractivity contribution in [2.45, 2.75) is 49.9 Å². The van der Waals surface area contributed by atoms with Crippen molar-refractivity contribution < 1.29 is 4.79 Å². The fourth-order valence-corrected chi connectivity index (χ4v) is 3.11. The van der Waals surface area contributed by atoms with Gasteiger partial charge in [-0.2, -0.15) is 0 Å². The van der Waals surface area contributed by atoms with E-state index in [2.05, 4.69) is 26.2 Å². The number of hydrogen-bond donors (Lipinski definition) is 1. The van der Waals surface area contributed by atoms with Crippen LogP contribution in [0.25, 0.3) is 0 Å². The monoisotopic (exact) mass is 310 g/mol. The Hall–Kier alpha value is -0.900. The highest BCUT2D eigenvalue weighted by molar-refractivity contribution is 9.09. The van der Waals surface area contributed by atoms with Crippen molar-refractivity contribution in [2.75, 3.05) is 0 Å². The van der Waals surface area contributed by atoms with E-state index in [-0.39, 0.29) is 11.9 Å². The first-order valence-electron chi connectivity index (χ1n) is 6.55. The number of rotatable bonds is 2. The number of carbonyl (C=O) groups is 1. The number of nitrogens with one attached hydrogen (secondary N) is 1. The van der Waals surface area contributed by atoms with Gasteiger partial charge < -0.3 is 5.32 Å². The molecule has 1 N–H and O–H groups in total. The van der Waals surface area contributed by atoms with Gasteiger partial charge in [-0.05, 0) is 31.4 Å². The molecule has 2 rings (SSSR count). The topological polar surface area (TPSA) is 42.0 Å². The lowest BCUT2D eigenvalue weighted by atomic mass is 10.1. The maximum absolute atomic E-state index is 12.2. The van der Waals surface area contributed by atoms with Gasteiger partial charge in [0.2, 0.25) is 0 Å². The Morgan fingerprint density at radius 2 is 2.17 bits per heavy atom. The third-order valence-electron chi connectivity index (χ3n) is 3.47. The SMILES string of the molecule is Cc1cccnc1C(=O)NC1CCCCCC1Br. The Balaban J connectivity index is 2.04. The van der Waals surface area contributed by atoms with Gasteiger partial charge in [-0.1, -0.05) is 41.3 Å². The highest BCUT2D eigenvalue weighted by Gasteiger charge is 2.24. The zero-order valence-electron chi connectivity index (χ0n) is 10.7. The van der Waals surface area contributed by atoms with Crippen molar-refractivity contribution >= 4 is 21.8 Å². The average molecular weight is 311 g/mol. The molecule has 0 aromatic carbocycles. The average Bonchev–Trinajstić information content (AvgIpc) is 2.55. The summed E-state index contributed by atoms with van der Waals surface area (Å²) >= 11 is 3.69. The number of halogens is 1. The van der Waals surface area contributed by atoms with Crippen LogP contribution in [0.3, 0.4) is 0 Å². The lowest BCUT2D eigenvalue weighted by molar-refractivity contribution is 0.0929. The normalized spacial score (nSPS) is 24.3. The van der Waals surface area contributed by atoms with Crippen LogP contribution in [0, 0.1) is 6.92 Å². The van der Waals surface area contributed by atoms with Crippen LogP contribution in [0.5, 0.6) is 0 Å². The van der Waals surface area contributed by atoms with E-state index >= 15 is 0 Å². The van der Waals surface area contributed by atoms with Crippen molar-refractivity contribution in [3.05, 3.63) is 29.6 Å². The number of alkyl halides is 1. The van der Waals surface area contributed by atoms with E-state index in [9.17, 15) is 4.79 Å². The molecule has 1 heterocycles. The quantitative estimate of drug-likeness (QED) is 0.673. The van der Waals surface area contributed by atoms with Crippen molar-refractivity contribution in [1.29, 1.82) is 0 Å². The van der Waals surface area contributed by atoms with E-state index in [1.165, 1.54) is 19.3 Å². The minimum absolute atomic E-state index is 0.0514. The summed E-state index contributed by atoms with van der Waals surface area (Å²) in [6.45, 7) is 1.92. The molecule has 1 fully saturated rings. The van der Waals surface area contributed by atoms with Crippen molar-refractivity contribution in [3.63, 3.8) is 0 Å². The number of pyridine rings is 1. The Bertz CT molecular complexity index is 422. The van der Waals surface area contributed by atoms with Crippen LogP contribution in [0.4, 0.5) is 0 Å². The van der Waals surface area contributed by atoms with Gasteiger partial charge in [0.1, 0.15) is 5.69 Å². The first-order valence-corrected chi connectivity index (χ1v) is 7.46. The second-order valence-electron chi connectivity index (χ2n) is 4.90. The summed E-state index contributed by atoms with van der Waals surface area (Å²) in [5.74, 6) is -0.0514. The molecule has 0 saturated heterocycles. The molecule has 1 aliphatic rings. The van der Waals surface area contributed by atoms with Crippen LogP contribution in [0.15, 0.2) is 18.3 Å². The molecule has 3 nitrogen and oxygen atoms in total. The van der Waals surface area contributed by atoms with Gasteiger partial charge in [-0.15, -0.1) is 0 Å². The standard InChI is InChI=1S/C14H19BrN2O/c1-10-6-5-9-16-13(10)14(18)17-12-8-4-2-3-7-11(12)15/h5-6,9,11-12H,2-4,7-8H2,1H3,(H,17,18). The van der Waals surface area contributed by atoms with Gasteiger partial charge in [0, 0.05) is 17.1 Å². The number of amides is 1.